The summed E-state index contributed by atoms with van der Waals surface area (Å²) in [6.45, 7) is 5.29. The van der Waals surface area contributed by atoms with Gasteiger partial charge in [-0.25, -0.2) is 13.6 Å². The Hall–Kier alpha value is -3.42. The van der Waals surface area contributed by atoms with E-state index < -0.39 is 29.6 Å². The van der Waals surface area contributed by atoms with E-state index in [9.17, 15) is 18.4 Å². The van der Waals surface area contributed by atoms with Gasteiger partial charge in [-0.3, -0.25) is 9.69 Å². The number of hydrogen-bond donors (Lipinski definition) is 2. The summed E-state index contributed by atoms with van der Waals surface area (Å²) < 4.78 is 32.6. The highest BCUT2D eigenvalue weighted by atomic mass is 19.2. The molecule has 0 radical (unpaired) electrons. The Morgan fingerprint density at radius 3 is 2.50 bits per heavy atom. The van der Waals surface area contributed by atoms with E-state index in [1.54, 1.807) is 31.2 Å². The molecule has 158 valence electrons. The van der Waals surface area contributed by atoms with Crippen LogP contribution < -0.4 is 15.4 Å². The van der Waals surface area contributed by atoms with Gasteiger partial charge in [-0.05, 0) is 50.6 Å². The smallest absolute Gasteiger partial charge is 0.322 e. The van der Waals surface area contributed by atoms with Crippen LogP contribution in [0.3, 0.4) is 0 Å². The molecular formula is C22H23F2N3O3. The lowest BCUT2D eigenvalue weighted by atomic mass is 9.93. The van der Waals surface area contributed by atoms with Gasteiger partial charge in [-0.1, -0.05) is 18.2 Å². The molecule has 0 aliphatic carbocycles. The van der Waals surface area contributed by atoms with Crippen LogP contribution >= 0.6 is 0 Å². The summed E-state index contributed by atoms with van der Waals surface area (Å²) in [6, 6.07) is 8.60. The van der Waals surface area contributed by atoms with Gasteiger partial charge in [0.15, 0.2) is 11.6 Å². The van der Waals surface area contributed by atoms with Crippen molar-refractivity contribution in [3.63, 3.8) is 0 Å². The third kappa shape index (κ3) is 3.98. The van der Waals surface area contributed by atoms with Crippen LogP contribution in [0, 0.1) is 11.6 Å². The predicted molar refractivity (Wildman–Crippen MR) is 109 cm³/mol. The number of nitrogens with zero attached hydrogens (tertiary/aromatic N) is 1. The highest BCUT2D eigenvalue weighted by molar-refractivity contribution is 6.07. The van der Waals surface area contributed by atoms with Crippen LogP contribution in [-0.2, 0) is 4.79 Å². The van der Waals surface area contributed by atoms with E-state index in [2.05, 4.69) is 10.6 Å². The second kappa shape index (κ2) is 8.52. The normalized spacial score (nSPS) is 16.6. The number of hydrogen-bond acceptors (Lipinski definition) is 3. The number of anilines is 1. The first-order chi connectivity index (χ1) is 14.2. The average Bonchev–Trinajstić information content (AvgIpc) is 2.69. The van der Waals surface area contributed by atoms with Gasteiger partial charge in [0, 0.05) is 11.7 Å². The Morgan fingerprint density at radius 1 is 1.17 bits per heavy atom. The second-order valence-electron chi connectivity index (χ2n) is 7.17. The molecule has 0 aromatic heterocycles. The number of rotatable bonds is 5. The summed E-state index contributed by atoms with van der Waals surface area (Å²) in [4.78, 5) is 27.4. The van der Waals surface area contributed by atoms with E-state index in [-0.39, 0.29) is 17.2 Å². The van der Waals surface area contributed by atoms with Crippen LogP contribution in [0.2, 0.25) is 0 Å². The molecule has 6 nitrogen and oxygen atoms in total. The molecule has 1 aliphatic heterocycles. The van der Waals surface area contributed by atoms with E-state index >= 15 is 0 Å². The van der Waals surface area contributed by atoms with Crippen molar-refractivity contribution in [1.82, 2.24) is 10.2 Å². The number of carbonyl (C=O) groups excluding carboxylic acids is 2. The topological polar surface area (TPSA) is 70.7 Å². The maximum absolute atomic E-state index is 13.9. The summed E-state index contributed by atoms with van der Waals surface area (Å²) in [5, 5.41) is 5.53. The van der Waals surface area contributed by atoms with Gasteiger partial charge in [-0.2, -0.15) is 0 Å². The standard InChI is InChI=1S/C22H23F2N3O3/c1-12(2)27-13(3)19(21(28)25-17-7-5-6-8-18(17)30-4)20(26-22(27)29)14-9-10-15(23)16(24)11-14/h5-12,20H,1-4H3,(H,25,28)(H,26,29)/t20-/m0/s1. The fourth-order valence-electron chi connectivity index (χ4n) is 3.55. The molecule has 2 aromatic rings. The van der Waals surface area contributed by atoms with E-state index in [1.165, 1.54) is 18.1 Å². The van der Waals surface area contributed by atoms with Crippen molar-refractivity contribution < 1.29 is 23.1 Å². The Bertz CT molecular complexity index is 1020. The van der Waals surface area contributed by atoms with Gasteiger partial charge in [0.25, 0.3) is 5.91 Å². The number of nitrogens with one attached hydrogen (secondary N) is 2. The first kappa shape index (κ1) is 21.3. The van der Waals surface area contributed by atoms with Gasteiger partial charge in [0.1, 0.15) is 5.75 Å². The molecule has 2 aromatic carbocycles. The van der Waals surface area contributed by atoms with Gasteiger partial charge < -0.3 is 15.4 Å². The van der Waals surface area contributed by atoms with Gasteiger partial charge in [0.2, 0.25) is 0 Å². The molecule has 3 rings (SSSR count). The van der Waals surface area contributed by atoms with Crippen molar-refractivity contribution in [2.45, 2.75) is 32.9 Å². The monoisotopic (exact) mass is 415 g/mol. The Labute approximate surface area is 173 Å². The van der Waals surface area contributed by atoms with Crippen LogP contribution in [0.25, 0.3) is 0 Å². The molecule has 0 saturated carbocycles. The number of para-hydroxylation sites is 2. The number of allylic oxidation sites excluding steroid dienone is 1. The summed E-state index contributed by atoms with van der Waals surface area (Å²) in [5.74, 6) is -2.09. The zero-order chi connectivity index (χ0) is 22.0. The molecule has 0 spiro atoms. The van der Waals surface area contributed by atoms with Crippen molar-refractivity contribution in [1.29, 1.82) is 0 Å². The first-order valence-corrected chi connectivity index (χ1v) is 9.44. The van der Waals surface area contributed by atoms with E-state index in [0.717, 1.165) is 12.1 Å². The summed E-state index contributed by atoms with van der Waals surface area (Å²) in [6.07, 6.45) is 0. The van der Waals surface area contributed by atoms with Gasteiger partial charge in [-0.15, -0.1) is 0 Å². The van der Waals surface area contributed by atoms with Crippen molar-refractivity contribution >= 4 is 17.6 Å². The summed E-state index contributed by atoms with van der Waals surface area (Å²) >= 11 is 0. The predicted octanol–water partition coefficient (Wildman–Crippen LogP) is 4.36. The lowest BCUT2D eigenvalue weighted by Gasteiger charge is -2.38. The molecule has 0 fully saturated rings. The lowest BCUT2D eigenvalue weighted by molar-refractivity contribution is -0.113. The largest absolute Gasteiger partial charge is 0.495 e. The third-order valence-corrected chi connectivity index (χ3v) is 4.92. The number of benzene rings is 2. The molecule has 0 bridgehead atoms. The van der Waals surface area contributed by atoms with Crippen LogP contribution in [-0.4, -0.2) is 30.0 Å². The van der Waals surface area contributed by atoms with Crippen LogP contribution in [0.1, 0.15) is 32.4 Å². The van der Waals surface area contributed by atoms with Crippen LogP contribution in [0.15, 0.2) is 53.7 Å². The molecule has 1 atom stereocenters. The average molecular weight is 415 g/mol. The molecule has 8 heteroatoms. The number of urea groups is 1. The summed E-state index contributed by atoms with van der Waals surface area (Å²) in [5.41, 5.74) is 1.36. The third-order valence-electron chi connectivity index (χ3n) is 4.92. The fraction of sp³-hybridized carbons (Fsp3) is 0.273. The minimum absolute atomic E-state index is 0.218. The van der Waals surface area contributed by atoms with Crippen molar-refractivity contribution in [2.24, 2.45) is 0 Å². The van der Waals surface area contributed by atoms with E-state index in [1.807, 2.05) is 13.8 Å². The molecular weight excluding hydrogens is 392 g/mol. The lowest BCUT2D eigenvalue weighted by Crippen LogP contribution is -2.50. The first-order valence-electron chi connectivity index (χ1n) is 9.44. The molecule has 30 heavy (non-hydrogen) atoms. The molecule has 3 amide bonds. The molecule has 0 unspecified atom stereocenters. The van der Waals surface area contributed by atoms with Gasteiger partial charge in [0.05, 0.1) is 24.4 Å². The fourth-order valence-corrected chi connectivity index (χ4v) is 3.55. The molecule has 1 aliphatic rings. The highest BCUT2D eigenvalue weighted by Crippen LogP contribution is 2.34. The molecule has 0 saturated heterocycles. The number of halogens is 2. The number of methoxy groups -OCH3 is 1. The minimum atomic E-state index is -1.06. The highest BCUT2D eigenvalue weighted by Gasteiger charge is 2.37. The Morgan fingerprint density at radius 2 is 1.87 bits per heavy atom. The minimum Gasteiger partial charge on any atom is -0.495 e. The number of ether oxygens (including phenoxy) is 1. The zero-order valence-electron chi connectivity index (χ0n) is 17.1. The molecule has 1 heterocycles. The number of amides is 3. The zero-order valence-corrected chi connectivity index (χ0v) is 17.1. The Kier molecular flexibility index (Phi) is 6.05. The SMILES string of the molecule is COc1ccccc1NC(=O)C1=C(C)N(C(C)C)C(=O)N[C@H]1c1ccc(F)c(F)c1. The molecule has 2 N–H and O–H groups in total. The van der Waals surface area contributed by atoms with E-state index in [0.29, 0.717) is 17.1 Å². The van der Waals surface area contributed by atoms with Crippen LogP contribution in [0.5, 0.6) is 5.75 Å². The maximum Gasteiger partial charge on any atom is 0.322 e. The van der Waals surface area contributed by atoms with Crippen molar-refractivity contribution in [2.75, 3.05) is 12.4 Å². The Balaban J connectivity index is 2.08. The second-order valence-corrected chi connectivity index (χ2v) is 7.17. The van der Waals surface area contributed by atoms with Crippen molar-refractivity contribution in [3.8, 4) is 5.75 Å². The number of carbonyl (C=O) groups is 2. The van der Waals surface area contributed by atoms with Crippen molar-refractivity contribution in [3.05, 3.63) is 70.9 Å². The maximum atomic E-state index is 13.9. The summed E-state index contributed by atoms with van der Waals surface area (Å²) in [7, 11) is 1.49. The van der Waals surface area contributed by atoms with Gasteiger partial charge >= 0.3 is 6.03 Å². The van der Waals surface area contributed by atoms with E-state index in [4.69, 9.17) is 4.74 Å². The quantitative estimate of drug-likeness (QED) is 0.762. The van der Waals surface area contributed by atoms with Crippen LogP contribution in [0.4, 0.5) is 19.3 Å².